The Morgan fingerprint density at radius 2 is 1.84 bits per heavy atom. The van der Waals surface area contributed by atoms with Gasteiger partial charge in [0.15, 0.2) is 0 Å². The fourth-order valence-corrected chi connectivity index (χ4v) is 5.69. The van der Waals surface area contributed by atoms with Crippen LogP contribution < -0.4 is 16.4 Å². The molecule has 3 aliphatic heterocycles. The Labute approximate surface area is 192 Å². The Morgan fingerprint density at radius 1 is 1.09 bits per heavy atom. The molecule has 2 aromatic carbocycles. The zero-order chi connectivity index (χ0) is 22.6. The quantitative estimate of drug-likeness (QED) is 0.538. The van der Waals surface area contributed by atoms with Crippen LogP contribution in [-0.4, -0.2) is 41.1 Å². The first-order valence-electron chi connectivity index (χ1n) is 10.4. The van der Waals surface area contributed by atoms with Crippen LogP contribution in [0.15, 0.2) is 53.0 Å². The summed E-state index contributed by atoms with van der Waals surface area (Å²) in [4.78, 5) is 53.3. The number of nitrogens with two attached hydrogens (primary N) is 1. The van der Waals surface area contributed by atoms with Gasteiger partial charge in [0.2, 0.25) is 23.6 Å². The number of likely N-dealkylation sites (tertiary alicyclic amines) is 1. The van der Waals surface area contributed by atoms with Crippen molar-refractivity contribution in [1.82, 2.24) is 10.2 Å². The van der Waals surface area contributed by atoms with Crippen molar-refractivity contribution >= 4 is 45.2 Å². The molecule has 0 bridgehead atoms. The smallest absolute Gasteiger partial charge is 0.250 e. The summed E-state index contributed by atoms with van der Waals surface area (Å²) in [5.41, 5.74) is 6.18. The molecule has 0 saturated carbocycles. The van der Waals surface area contributed by atoms with Crippen LogP contribution in [0.5, 0.6) is 0 Å². The Bertz CT molecular complexity index is 1150. The van der Waals surface area contributed by atoms with E-state index in [9.17, 15) is 19.2 Å². The summed E-state index contributed by atoms with van der Waals surface area (Å²) < 4.78 is 0.738. The molecule has 8 nitrogen and oxygen atoms in total. The third-order valence-corrected chi connectivity index (χ3v) is 7.15. The standard InChI is InChI=1S/C23H21BrN4O4/c24-13-6-7-15-14(10-13)23(22(32)26-15)19-18(16(27-23)11-17(25)29)20(30)28(21(19)31)9-8-12-4-2-1-3-5-12/h1-7,10,16,18-19,27H,8-9,11H2,(H2,25,29)(H,26,32)/t16-,18-,19+,23-/m1/s1. The third-order valence-electron chi connectivity index (χ3n) is 6.66. The molecule has 4 N–H and O–H groups in total. The van der Waals surface area contributed by atoms with Crippen molar-refractivity contribution in [2.75, 3.05) is 11.9 Å². The number of amides is 4. The average Bonchev–Trinajstić information content (AvgIpc) is 3.32. The van der Waals surface area contributed by atoms with Crippen LogP contribution in [0.2, 0.25) is 0 Å². The predicted octanol–water partition coefficient (Wildman–Crippen LogP) is 1.29. The lowest BCUT2D eigenvalue weighted by molar-refractivity contribution is -0.142. The molecule has 4 atom stereocenters. The van der Waals surface area contributed by atoms with Gasteiger partial charge in [-0.05, 0) is 30.2 Å². The second-order valence-electron chi connectivity index (χ2n) is 8.44. The monoisotopic (exact) mass is 496 g/mol. The van der Waals surface area contributed by atoms with Crippen molar-refractivity contribution in [3.63, 3.8) is 0 Å². The van der Waals surface area contributed by atoms with Crippen LogP contribution in [0.1, 0.15) is 17.5 Å². The lowest BCUT2D eigenvalue weighted by atomic mass is 9.76. The van der Waals surface area contributed by atoms with Gasteiger partial charge in [-0.25, -0.2) is 0 Å². The number of nitrogens with one attached hydrogen (secondary N) is 2. The van der Waals surface area contributed by atoms with Gasteiger partial charge in [0.05, 0.1) is 11.8 Å². The molecule has 9 heteroatoms. The summed E-state index contributed by atoms with van der Waals surface area (Å²) >= 11 is 3.43. The number of anilines is 1. The number of hydrogen-bond donors (Lipinski definition) is 3. The number of imide groups is 1. The molecule has 2 saturated heterocycles. The molecular formula is C23H21BrN4O4. The van der Waals surface area contributed by atoms with Crippen LogP contribution in [-0.2, 0) is 31.1 Å². The summed E-state index contributed by atoms with van der Waals surface area (Å²) in [7, 11) is 0. The number of fused-ring (bicyclic) bond motifs is 4. The van der Waals surface area contributed by atoms with Crippen molar-refractivity contribution in [2.24, 2.45) is 17.6 Å². The lowest BCUT2D eigenvalue weighted by Crippen LogP contribution is -2.53. The molecule has 0 radical (unpaired) electrons. The van der Waals surface area contributed by atoms with E-state index in [1.807, 2.05) is 30.3 Å². The van der Waals surface area contributed by atoms with E-state index in [0.717, 1.165) is 10.0 Å². The van der Waals surface area contributed by atoms with Crippen molar-refractivity contribution in [3.05, 3.63) is 64.1 Å². The van der Waals surface area contributed by atoms with Gasteiger partial charge in [0.1, 0.15) is 5.54 Å². The summed E-state index contributed by atoms with van der Waals surface area (Å²) in [5, 5.41) is 6.02. The fraction of sp³-hybridized carbons (Fsp3) is 0.304. The van der Waals surface area contributed by atoms with Gasteiger partial charge in [-0.2, -0.15) is 0 Å². The molecule has 4 amide bonds. The van der Waals surface area contributed by atoms with Crippen molar-refractivity contribution in [2.45, 2.75) is 24.4 Å². The van der Waals surface area contributed by atoms with E-state index < -0.39 is 41.1 Å². The van der Waals surface area contributed by atoms with E-state index in [4.69, 9.17) is 5.73 Å². The van der Waals surface area contributed by atoms with Crippen LogP contribution in [0.25, 0.3) is 0 Å². The molecule has 3 heterocycles. The molecular weight excluding hydrogens is 476 g/mol. The Kier molecular flexibility index (Phi) is 4.90. The number of hydrogen-bond acceptors (Lipinski definition) is 5. The molecule has 164 valence electrons. The molecule has 32 heavy (non-hydrogen) atoms. The SMILES string of the molecule is NC(=O)C[C@H]1N[C@@]2(C(=O)Nc3ccc(Br)cc32)[C@@H]2C(=O)N(CCc3ccccc3)C(=O)[C@@H]21. The van der Waals surface area contributed by atoms with E-state index >= 15 is 0 Å². The highest BCUT2D eigenvalue weighted by atomic mass is 79.9. The highest BCUT2D eigenvalue weighted by Gasteiger charge is 2.70. The third kappa shape index (κ3) is 2.99. The molecule has 2 fully saturated rings. The molecule has 2 aromatic rings. The van der Waals surface area contributed by atoms with E-state index in [0.29, 0.717) is 17.7 Å². The minimum atomic E-state index is -1.43. The summed E-state index contributed by atoms with van der Waals surface area (Å²) in [6.45, 7) is 0.209. The maximum absolute atomic E-state index is 13.6. The number of rotatable bonds is 5. The summed E-state index contributed by atoms with van der Waals surface area (Å²) in [6, 6.07) is 14.2. The normalized spacial score (nSPS) is 28.2. The highest BCUT2D eigenvalue weighted by Crippen LogP contribution is 2.53. The largest absolute Gasteiger partial charge is 0.370 e. The van der Waals surface area contributed by atoms with Crippen LogP contribution in [0.3, 0.4) is 0 Å². The maximum atomic E-state index is 13.6. The van der Waals surface area contributed by atoms with Crippen molar-refractivity contribution in [3.8, 4) is 0 Å². The van der Waals surface area contributed by atoms with Gasteiger partial charge in [0.25, 0.3) is 0 Å². The second-order valence-corrected chi connectivity index (χ2v) is 9.36. The van der Waals surface area contributed by atoms with Gasteiger partial charge in [-0.3, -0.25) is 29.4 Å². The number of carbonyl (C=O) groups is 4. The zero-order valence-corrected chi connectivity index (χ0v) is 18.6. The van der Waals surface area contributed by atoms with E-state index in [1.165, 1.54) is 4.90 Å². The van der Waals surface area contributed by atoms with Gasteiger partial charge < -0.3 is 11.1 Å². The van der Waals surface area contributed by atoms with Crippen molar-refractivity contribution in [1.29, 1.82) is 0 Å². The minimum absolute atomic E-state index is 0.148. The summed E-state index contributed by atoms with van der Waals surface area (Å²) in [5.74, 6) is -3.58. The number of benzene rings is 2. The van der Waals surface area contributed by atoms with E-state index in [1.54, 1.807) is 18.2 Å². The first kappa shape index (κ1) is 20.8. The number of primary amides is 1. The van der Waals surface area contributed by atoms with Gasteiger partial charge in [-0.1, -0.05) is 46.3 Å². The molecule has 1 spiro atoms. The fourth-order valence-electron chi connectivity index (χ4n) is 5.33. The van der Waals surface area contributed by atoms with Crippen LogP contribution in [0, 0.1) is 11.8 Å². The van der Waals surface area contributed by atoms with E-state index in [-0.39, 0.29) is 18.9 Å². The maximum Gasteiger partial charge on any atom is 0.250 e. The van der Waals surface area contributed by atoms with Gasteiger partial charge in [-0.15, -0.1) is 0 Å². The minimum Gasteiger partial charge on any atom is -0.370 e. The molecule has 0 aromatic heterocycles. The number of nitrogens with zero attached hydrogens (tertiary/aromatic N) is 1. The molecule has 5 rings (SSSR count). The zero-order valence-electron chi connectivity index (χ0n) is 17.0. The Balaban J connectivity index is 1.55. The van der Waals surface area contributed by atoms with Gasteiger partial charge in [0, 0.05) is 34.7 Å². The topological polar surface area (TPSA) is 122 Å². The Hall–Kier alpha value is -3.04. The first-order valence-corrected chi connectivity index (χ1v) is 11.2. The molecule has 3 aliphatic rings. The highest BCUT2D eigenvalue weighted by molar-refractivity contribution is 9.10. The Morgan fingerprint density at radius 3 is 2.56 bits per heavy atom. The summed E-state index contributed by atoms with van der Waals surface area (Å²) in [6.07, 6.45) is 0.359. The lowest BCUT2D eigenvalue weighted by Gasteiger charge is -2.29. The molecule has 0 aliphatic carbocycles. The van der Waals surface area contributed by atoms with Crippen molar-refractivity contribution < 1.29 is 19.2 Å². The van der Waals surface area contributed by atoms with Crippen LogP contribution in [0.4, 0.5) is 5.69 Å². The van der Waals surface area contributed by atoms with Crippen LogP contribution >= 0.6 is 15.9 Å². The number of halogens is 1. The second kappa shape index (κ2) is 7.53. The van der Waals surface area contributed by atoms with E-state index in [2.05, 4.69) is 26.6 Å². The number of carbonyl (C=O) groups excluding carboxylic acids is 4. The average molecular weight is 497 g/mol. The molecule has 0 unspecified atom stereocenters. The van der Waals surface area contributed by atoms with Gasteiger partial charge >= 0.3 is 0 Å². The predicted molar refractivity (Wildman–Crippen MR) is 119 cm³/mol. The first-order chi connectivity index (χ1) is 15.3.